The van der Waals surface area contributed by atoms with Crippen molar-refractivity contribution in [1.29, 1.82) is 0 Å². The van der Waals surface area contributed by atoms with Crippen LogP contribution in [0.25, 0.3) is 0 Å². The highest BCUT2D eigenvalue weighted by molar-refractivity contribution is 5.87. The third-order valence-corrected chi connectivity index (χ3v) is 2.63. The van der Waals surface area contributed by atoms with E-state index in [4.69, 9.17) is 25.4 Å². The number of ether oxygens (including phenoxy) is 2. The molecule has 6 nitrogen and oxygen atoms in total. The van der Waals surface area contributed by atoms with Gasteiger partial charge in [-0.2, -0.15) is 0 Å². The summed E-state index contributed by atoms with van der Waals surface area (Å²) >= 11 is 0. The van der Waals surface area contributed by atoms with Gasteiger partial charge in [-0.15, -0.1) is 0 Å². The second-order valence-corrected chi connectivity index (χ2v) is 4.42. The third kappa shape index (κ3) is 8.45. The molecular formula is C17H21NO5. The number of hydrogen-bond acceptors (Lipinski definition) is 5. The lowest BCUT2D eigenvalue weighted by Crippen LogP contribution is -2.08. The lowest BCUT2D eigenvalue weighted by atomic mass is 10.2. The van der Waals surface area contributed by atoms with Crippen molar-refractivity contribution >= 4 is 11.7 Å². The van der Waals surface area contributed by atoms with Crippen molar-refractivity contribution in [2.45, 2.75) is 0 Å². The number of carbonyl (C=O) groups is 1. The molecule has 0 saturated carbocycles. The second-order valence-electron chi connectivity index (χ2n) is 4.42. The van der Waals surface area contributed by atoms with Gasteiger partial charge >= 0.3 is 5.97 Å². The summed E-state index contributed by atoms with van der Waals surface area (Å²) in [7, 11) is 0. The number of aliphatic hydroxyl groups is 1. The minimum Gasteiger partial charge on any atom is -0.491 e. The Morgan fingerprint density at radius 1 is 0.957 bits per heavy atom. The fourth-order valence-electron chi connectivity index (χ4n) is 1.53. The summed E-state index contributed by atoms with van der Waals surface area (Å²) in [4.78, 5) is 10.3. The molecule has 0 bridgehead atoms. The SMILES string of the molecule is Nc1ccc(C(=O)O)cc1.OCCOCCOc1ccccc1. The van der Waals surface area contributed by atoms with Crippen molar-refractivity contribution in [3.05, 3.63) is 60.2 Å². The average molecular weight is 319 g/mol. The first-order valence-corrected chi connectivity index (χ1v) is 7.08. The van der Waals surface area contributed by atoms with Crippen molar-refractivity contribution < 1.29 is 24.5 Å². The molecule has 0 aliphatic heterocycles. The molecule has 0 fully saturated rings. The van der Waals surface area contributed by atoms with E-state index in [0.29, 0.717) is 25.5 Å². The number of carboxylic acid groups (broad SMARTS) is 1. The summed E-state index contributed by atoms with van der Waals surface area (Å²) in [6, 6.07) is 15.6. The van der Waals surface area contributed by atoms with Crippen LogP contribution in [0.2, 0.25) is 0 Å². The lowest BCUT2D eigenvalue weighted by Gasteiger charge is -2.05. The first-order valence-electron chi connectivity index (χ1n) is 7.08. The molecule has 0 atom stereocenters. The summed E-state index contributed by atoms with van der Waals surface area (Å²) in [6.45, 7) is 1.46. The normalized spacial score (nSPS) is 9.61. The molecule has 0 radical (unpaired) electrons. The van der Waals surface area contributed by atoms with Crippen LogP contribution in [0.3, 0.4) is 0 Å². The molecule has 0 unspecified atom stereocenters. The van der Waals surface area contributed by atoms with Gasteiger partial charge in [0.15, 0.2) is 0 Å². The van der Waals surface area contributed by atoms with Crippen LogP contribution < -0.4 is 10.5 Å². The van der Waals surface area contributed by atoms with Gasteiger partial charge in [-0.3, -0.25) is 0 Å². The molecular weight excluding hydrogens is 298 g/mol. The molecule has 4 N–H and O–H groups in total. The largest absolute Gasteiger partial charge is 0.491 e. The van der Waals surface area contributed by atoms with E-state index in [1.165, 1.54) is 12.1 Å². The molecule has 124 valence electrons. The maximum Gasteiger partial charge on any atom is 0.335 e. The van der Waals surface area contributed by atoms with Crippen LogP contribution in [0.15, 0.2) is 54.6 Å². The Bertz CT molecular complexity index is 557. The summed E-state index contributed by atoms with van der Waals surface area (Å²) in [5, 5.41) is 16.9. The first kappa shape index (κ1) is 18.5. The lowest BCUT2D eigenvalue weighted by molar-refractivity contribution is 0.0697. The Hall–Kier alpha value is -2.57. The number of aliphatic hydroxyl groups excluding tert-OH is 1. The molecule has 6 heteroatoms. The van der Waals surface area contributed by atoms with E-state index >= 15 is 0 Å². The fraction of sp³-hybridized carbons (Fsp3) is 0.235. The molecule has 0 aromatic heterocycles. The van der Waals surface area contributed by atoms with Crippen molar-refractivity contribution in [2.24, 2.45) is 0 Å². The zero-order chi connectivity index (χ0) is 16.9. The van der Waals surface area contributed by atoms with Crippen LogP contribution in [-0.2, 0) is 4.74 Å². The van der Waals surface area contributed by atoms with Gasteiger partial charge < -0.3 is 25.4 Å². The third-order valence-electron chi connectivity index (χ3n) is 2.63. The molecule has 0 aliphatic rings. The van der Waals surface area contributed by atoms with Crippen molar-refractivity contribution in [3.63, 3.8) is 0 Å². The Labute approximate surface area is 135 Å². The van der Waals surface area contributed by atoms with E-state index in [1.54, 1.807) is 12.1 Å². The quantitative estimate of drug-likeness (QED) is 0.533. The van der Waals surface area contributed by atoms with E-state index < -0.39 is 5.97 Å². The van der Waals surface area contributed by atoms with Crippen molar-refractivity contribution in [1.82, 2.24) is 0 Å². The van der Waals surface area contributed by atoms with Gasteiger partial charge in [-0.1, -0.05) is 18.2 Å². The zero-order valence-corrected chi connectivity index (χ0v) is 12.7. The number of benzene rings is 2. The number of para-hydroxylation sites is 1. The summed E-state index contributed by atoms with van der Waals surface area (Å²) in [5.74, 6) is -0.0879. The number of rotatable bonds is 7. The summed E-state index contributed by atoms with van der Waals surface area (Å²) in [6.07, 6.45) is 0. The monoisotopic (exact) mass is 319 g/mol. The number of nitrogen functional groups attached to an aromatic ring is 1. The Kier molecular flexibility index (Phi) is 8.88. The second kappa shape index (κ2) is 11.1. The molecule has 2 aromatic rings. The molecule has 2 aromatic carbocycles. The minimum absolute atomic E-state index is 0.0609. The number of hydrogen-bond donors (Lipinski definition) is 3. The molecule has 0 spiro atoms. The molecule has 0 aliphatic carbocycles. The highest BCUT2D eigenvalue weighted by atomic mass is 16.5. The maximum absolute atomic E-state index is 10.3. The van der Waals surface area contributed by atoms with E-state index in [0.717, 1.165) is 5.75 Å². The molecule has 0 heterocycles. The van der Waals surface area contributed by atoms with Gasteiger partial charge in [0.05, 0.1) is 25.4 Å². The number of aromatic carboxylic acids is 1. The van der Waals surface area contributed by atoms with Gasteiger partial charge in [0.2, 0.25) is 0 Å². The van der Waals surface area contributed by atoms with Gasteiger partial charge in [-0.05, 0) is 36.4 Å². The van der Waals surface area contributed by atoms with Gasteiger partial charge in [0, 0.05) is 5.69 Å². The Morgan fingerprint density at radius 3 is 2.17 bits per heavy atom. The molecule has 0 saturated heterocycles. The van der Waals surface area contributed by atoms with Crippen LogP contribution in [0, 0.1) is 0 Å². The fourth-order valence-corrected chi connectivity index (χ4v) is 1.53. The topological polar surface area (TPSA) is 102 Å². The van der Waals surface area contributed by atoms with E-state index in [9.17, 15) is 4.79 Å². The van der Waals surface area contributed by atoms with Crippen molar-refractivity contribution in [2.75, 3.05) is 32.2 Å². The van der Waals surface area contributed by atoms with Gasteiger partial charge in [0.1, 0.15) is 12.4 Å². The number of nitrogens with two attached hydrogens (primary N) is 1. The summed E-state index contributed by atoms with van der Waals surface area (Å²) in [5.41, 5.74) is 6.17. The van der Waals surface area contributed by atoms with Gasteiger partial charge in [0.25, 0.3) is 0 Å². The first-order chi connectivity index (χ1) is 11.1. The minimum atomic E-state index is -0.931. The number of anilines is 1. The van der Waals surface area contributed by atoms with Gasteiger partial charge in [-0.25, -0.2) is 4.79 Å². The average Bonchev–Trinajstić information content (AvgIpc) is 2.57. The van der Waals surface area contributed by atoms with Crippen LogP contribution in [0.5, 0.6) is 5.75 Å². The smallest absolute Gasteiger partial charge is 0.335 e. The molecule has 0 amide bonds. The number of carboxylic acids is 1. The Balaban J connectivity index is 0.000000238. The van der Waals surface area contributed by atoms with Crippen LogP contribution in [0.1, 0.15) is 10.4 Å². The van der Waals surface area contributed by atoms with Crippen molar-refractivity contribution in [3.8, 4) is 5.75 Å². The van der Waals surface area contributed by atoms with E-state index in [1.807, 2.05) is 30.3 Å². The molecule has 23 heavy (non-hydrogen) atoms. The van der Waals surface area contributed by atoms with E-state index in [-0.39, 0.29) is 12.2 Å². The standard InChI is InChI=1S/C10H14O3.C7H7NO2/c11-6-7-12-8-9-13-10-4-2-1-3-5-10;8-6-3-1-5(2-4-6)7(9)10/h1-5,11H,6-9H2;1-4H,8H2,(H,9,10). The summed E-state index contributed by atoms with van der Waals surface area (Å²) < 4.78 is 10.4. The highest BCUT2D eigenvalue weighted by Gasteiger charge is 1.98. The zero-order valence-electron chi connectivity index (χ0n) is 12.7. The highest BCUT2D eigenvalue weighted by Crippen LogP contribution is 2.07. The maximum atomic E-state index is 10.3. The predicted molar refractivity (Wildman–Crippen MR) is 87.7 cm³/mol. The Morgan fingerprint density at radius 2 is 1.61 bits per heavy atom. The predicted octanol–water partition coefficient (Wildman–Crippen LogP) is 2.04. The van der Waals surface area contributed by atoms with Crippen LogP contribution in [-0.4, -0.2) is 42.6 Å². The van der Waals surface area contributed by atoms with Crippen LogP contribution >= 0.6 is 0 Å². The van der Waals surface area contributed by atoms with Crippen LogP contribution in [0.4, 0.5) is 5.69 Å². The molecule has 2 rings (SSSR count). The van der Waals surface area contributed by atoms with E-state index in [2.05, 4.69) is 0 Å².